The van der Waals surface area contributed by atoms with Crippen molar-refractivity contribution < 1.29 is 4.74 Å². The van der Waals surface area contributed by atoms with Crippen LogP contribution in [0.5, 0.6) is 5.88 Å². The highest BCUT2D eigenvalue weighted by molar-refractivity contribution is 7.98. The SMILES string of the molecule is COc1ccc(-c2nc3c(C)nc(SC)nc3[nH]c2=O)cn1. The van der Waals surface area contributed by atoms with Crippen molar-refractivity contribution >= 4 is 22.9 Å². The lowest BCUT2D eigenvalue weighted by Crippen LogP contribution is -2.13. The predicted molar refractivity (Wildman–Crippen MR) is 84.3 cm³/mol. The van der Waals surface area contributed by atoms with E-state index in [-0.39, 0.29) is 11.3 Å². The zero-order chi connectivity index (χ0) is 15.7. The second-order valence-electron chi connectivity index (χ2n) is 4.50. The molecule has 7 nitrogen and oxygen atoms in total. The minimum Gasteiger partial charge on any atom is -0.481 e. The first kappa shape index (κ1) is 14.5. The normalized spacial score (nSPS) is 10.9. The third-order valence-electron chi connectivity index (χ3n) is 3.11. The Morgan fingerprint density at radius 1 is 1.23 bits per heavy atom. The minimum absolute atomic E-state index is 0.284. The van der Waals surface area contributed by atoms with Gasteiger partial charge in [-0.3, -0.25) is 4.79 Å². The number of rotatable bonds is 3. The molecule has 112 valence electrons. The number of nitrogens with zero attached hydrogens (tertiary/aromatic N) is 4. The average Bonchev–Trinajstić information content (AvgIpc) is 2.54. The molecule has 1 N–H and O–H groups in total. The number of pyridine rings is 1. The van der Waals surface area contributed by atoms with Gasteiger partial charge in [0, 0.05) is 17.8 Å². The van der Waals surface area contributed by atoms with E-state index in [0.717, 1.165) is 0 Å². The molecular weight excluding hydrogens is 302 g/mol. The van der Waals surface area contributed by atoms with Crippen LogP contribution in [0.3, 0.4) is 0 Å². The van der Waals surface area contributed by atoms with Crippen LogP contribution in [-0.2, 0) is 0 Å². The molecule has 0 aromatic carbocycles. The standard InChI is InChI=1S/C14H13N5O2S/c1-7-10-12(19-14(16-7)22-3)18-13(20)11(17-10)8-4-5-9(21-2)15-6-8/h4-6H,1-3H3,(H,16,18,19,20). The summed E-state index contributed by atoms with van der Waals surface area (Å²) in [6.45, 7) is 1.84. The first-order valence-electron chi connectivity index (χ1n) is 6.45. The lowest BCUT2D eigenvalue weighted by Gasteiger charge is -2.06. The fourth-order valence-corrected chi connectivity index (χ4v) is 2.43. The number of hydrogen-bond acceptors (Lipinski definition) is 7. The number of fused-ring (bicyclic) bond motifs is 1. The van der Waals surface area contributed by atoms with Gasteiger partial charge in [0.1, 0.15) is 11.2 Å². The van der Waals surface area contributed by atoms with Gasteiger partial charge in [0.15, 0.2) is 10.8 Å². The number of methoxy groups -OCH3 is 1. The van der Waals surface area contributed by atoms with Crippen LogP contribution in [0, 0.1) is 6.92 Å². The summed E-state index contributed by atoms with van der Waals surface area (Å²) >= 11 is 1.41. The molecule has 0 aliphatic rings. The maximum absolute atomic E-state index is 12.3. The van der Waals surface area contributed by atoms with Crippen molar-refractivity contribution in [1.29, 1.82) is 0 Å². The van der Waals surface area contributed by atoms with Gasteiger partial charge in [-0.2, -0.15) is 0 Å². The largest absolute Gasteiger partial charge is 0.481 e. The van der Waals surface area contributed by atoms with Crippen molar-refractivity contribution in [2.45, 2.75) is 12.1 Å². The maximum Gasteiger partial charge on any atom is 0.276 e. The van der Waals surface area contributed by atoms with Gasteiger partial charge in [0.05, 0.1) is 12.8 Å². The molecule has 0 saturated carbocycles. The summed E-state index contributed by atoms with van der Waals surface area (Å²) in [7, 11) is 1.53. The Kier molecular flexibility index (Phi) is 3.76. The zero-order valence-electron chi connectivity index (χ0n) is 12.2. The summed E-state index contributed by atoms with van der Waals surface area (Å²) in [6, 6.07) is 3.42. The van der Waals surface area contributed by atoms with Crippen molar-refractivity contribution in [3.05, 3.63) is 34.4 Å². The summed E-state index contributed by atoms with van der Waals surface area (Å²) in [6.07, 6.45) is 3.43. The Balaban J connectivity index is 2.20. The molecule has 3 heterocycles. The summed E-state index contributed by atoms with van der Waals surface area (Å²) in [4.78, 5) is 32.1. The second kappa shape index (κ2) is 5.72. The van der Waals surface area contributed by atoms with Gasteiger partial charge < -0.3 is 9.72 Å². The van der Waals surface area contributed by atoms with Crippen molar-refractivity contribution in [2.75, 3.05) is 13.4 Å². The zero-order valence-corrected chi connectivity index (χ0v) is 13.1. The number of nitrogens with one attached hydrogen (secondary N) is 1. The average molecular weight is 315 g/mol. The van der Waals surface area contributed by atoms with Gasteiger partial charge >= 0.3 is 0 Å². The van der Waals surface area contributed by atoms with E-state index in [1.807, 2.05) is 13.2 Å². The number of hydrogen-bond donors (Lipinski definition) is 1. The fourth-order valence-electron chi connectivity index (χ4n) is 2.02. The van der Waals surface area contributed by atoms with E-state index < -0.39 is 0 Å². The topological polar surface area (TPSA) is 93.7 Å². The lowest BCUT2D eigenvalue weighted by atomic mass is 10.2. The molecule has 0 aliphatic carbocycles. The van der Waals surface area contributed by atoms with E-state index in [9.17, 15) is 4.79 Å². The fraction of sp³-hybridized carbons (Fsp3) is 0.214. The lowest BCUT2D eigenvalue weighted by molar-refractivity contribution is 0.398. The molecule has 22 heavy (non-hydrogen) atoms. The smallest absolute Gasteiger partial charge is 0.276 e. The first-order chi connectivity index (χ1) is 10.6. The first-order valence-corrected chi connectivity index (χ1v) is 7.68. The Labute approximate surface area is 130 Å². The summed E-state index contributed by atoms with van der Waals surface area (Å²) in [5.74, 6) is 0.477. The van der Waals surface area contributed by atoms with Crippen molar-refractivity contribution in [2.24, 2.45) is 0 Å². The molecular formula is C14H13N5O2S. The minimum atomic E-state index is -0.315. The molecule has 3 aromatic heterocycles. The van der Waals surface area contributed by atoms with Crippen LogP contribution in [0.4, 0.5) is 0 Å². The molecule has 0 fully saturated rings. The molecule has 0 aliphatic heterocycles. The monoisotopic (exact) mass is 315 g/mol. The highest BCUT2D eigenvalue weighted by atomic mass is 32.2. The third kappa shape index (κ3) is 2.52. The number of aryl methyl sites for hydroxylation is 1. The number of ether oxygens (including phenoxy) is 1. The maximum atomic E-state index is 12.3. The van der Waals surface area contributed by atoms with E-state index in [1.54, 1.807) is 18.3 Å². The molecule has 0 atom stereocenters. The van der Waals surface area contributed by atoms with E-state index >= 15 is 0 Å². The molecule has 0 spiro atoms. The number of aromatic amines is 1. The van der Waals surface area contributed by atoms with E-state index in [4.69, 9.17) is 4.74 Å². The van der Waals surface area contributed by atoms with E-state index in [1.165, 1.54) is 18.9 Å². The molecule has 0 unspecified atom stereocenters. The summed E-state index contributed by atoms with van der Waals surface area (Å²) in [5.41, 5.74) is 2.30. The number of H-pyrrole nitrogens is 1. The van der Waals surface area contributed by atoms with Gasteiger partial charge in [0.2, 0.25) is 5.88 Å². The van der Waals surface area contributed by atoms with E-state index in [0.29, 0.717) is 33.5 Å². The Hall–Kier alpha value is -2.48. The van der Waals surface area contributed by atoms with Gasteiger partial charge in [0.25, 0.3) is 5.56 Å². The molecule has 0 radical (unpaired) electrons. The number of aromatic nitrogens is 5. The third-order valence-corrected chi connectivity index (χ3v) is 3.66. The van der Waals surface area contributed by atoms with Crippen molar-refractivity contribution in [3.8, 4) is 17.1 Å². The second-order valence-corrected chi connectivity index (χ2v) is 5.27. The van der Waals surface area contributed by atoms with Crippen LogP contribution in [0.25, 0.3) is 22.4 Å². The summed E-state index contributed by atoms with van der Waals surface area (Å²) in [5, 5.41) is 0.598. The van der Waals surface area contributed by atoms with Crippen LogP contribution in [0.2, 0.25) is 0 Å². The van der Waals surface area contributed by atoms with E-state index in [2.05, 4.69) is 24.9 Å². The van der Waals surface area contributed by atoms with Crippen molar-refractivity contribution in [1.82, 2.24) is 24.9 Å². The summed E-state index contributed by atoms with van der Waals surface area (Å²) < 4.78 is 5.01. The van der Waals surface area contributed by atoms with Crippen LogP contribution in [0.1, 0.15) is 5.69 Å². The highest BCUT2D eigenvalue weighted by Gasteiger charge is 2.12. The Bertz CT molecular complexity index is 892. The molecule has 8 heteroatoms. The molecule has 3 rings (SSSR count). The molecule has 3 aromatic rings. The van der Waals surface area contributed by atoms with Crippen LogP contribution < -0.4 is 10.3 Å². The van der Waals surface area contributed by atoms with Crippen LogP contribution >= 0.6 is 11.8 Å². The van der Waals surface area contributed by atoms with Crippen molar-refractivity contribution in [3.63, 3.8) is 0 Å². The van der Waals surface area contributed by atoms with Gasteiger partial charge in [-0.25, -0.2) is 19.9 Å². The number of thioether (sulfide) groups is 1. The highest BCUT2D eigenvalue weighted by Crippen LogP contribution is 2.19. The van der Waals surface area contributed by atoms with Gasteiger partial charge in [-0.15, -0.1) is 0 Å². The van der Waals surface area contributed by atoms with Crippen LogP contribution in [-0.4, -0.2) is 38.3 Å². The Morgan fingerprint density at radius 3 is 2.68 bits per heavy atom. The quantitative estimate of drug-likeness (QED) is 0.582. The Morgan fingerprint density at radius 2 is 2.05 bits per heavy atom. The molecule has 0 amide bonds. The molecule has 0 bridgehead atoms. The predicted octanol–water partition coefficient (Wildman–Crippen LogP) is 1.81. The van der Waals surface area contributed by atoms with Gasteiger partial charge in [-0.05, 0) is 19.2 Å². The molecule has 0 saturated heterocycles. The van der Waals surface area contributed by atoms with Gasteiger partial charge in [-0.1, -0.05) is 11.8 Å². The van der Waals surface area contributed by atoms with Crippen LogP contribution in [0.15, 0.2) is 28.3 Å².